The molecule has 2 rings (SSSR count). The summed E-state index contributed by atoms with van der Waals surface area (Å²) < 4.78 is 19.9. The molecule has 0 saturated heterocycles. The Labute approximate surface area is 104 Å². The van der Waals surface area contributed by atoms with Gasteiger partial charge in [-0.1, -0.05) is 12.1 Å². The summed E-state index contributed by atoms with van der Waals surface area (Å²) >= 11 is 0. The first-order valence-corrected chi connectivity index (χ1v) is 5.42. The summed E-state index contributed by atoms with van der Waals surface area (Å²) in [6.07, 6.45) is 0. The lowest BCUT2D eigenvalue weighted by molar-refractivity contribution is 0.103. The molecule has 1 heterocycles. The van der Waals surface area contributed by atoms with Crippen molar-refractivity contribution in [3.63, 3.8) is 0 Å². The number of hydrogen-bond donors (Lipinski definition) is 0. The van der Waals surface area contributed by atoms with Gasteiger partial charge in [-0.3, -0.25) is 4.79 Å². The van der Waals surface area contributed by atoms with Crippen molar-refractivity contribution < 1.29 is 13.9 Å². The number of hydrogen-bond acceptors (Lipinski definition) is 3. The van der Waals surface area contributed by atoms with Crippen LogP contribution in [0, 0.1) is 12.7 Å². The maximum atomic E-state index is 13.4. The highest BCUT2D eigenvalue weighted by molar-refractivity contribution is 6.07. The van der Waals surface area contributed by atoms with Gasteiger partial charge in [-0.25, -0.2) is 9.07 Å². The number of methoxy groups -OCH3 is 1. The van der Waals surface area contributed by atoms with Crippen molar-refractivity contribution in [1.29, 1.82) is 0 Å². The molecule has 0 amide bonds. The quantitative estimate of drug-likeness (QED) is 0.781. The summed E-state index contributed by atoms with van der Waals surface area (Å²) in [5.41, 5.74) is 1.02. The number of ketones is 1. The lowest BCUT2D eigenvalue weighted by atomic mass is 10.1. The van der Waals surface area contributed by atoms with E-state index in [-0.39, 0.29) is 17.0 Å². The van der Waals surface area contributed by atoms with Crippen molar-refractivity contribution in [2.24, 2.45) is 7.05 Å². The number of carbonyl (C=O) groups excluding carboxylic acids is 1. The molecule has 0 aliphatic rings. The molecule has 1 aromatic carbocycles. The Kier molecular flexibility index (Phi) is 3.14. The number of aromatic nitrogens is 2. The molecule has 0 fully saturated rings. The third-order valence-electron chi connectivity index (χ3n) is 2.71. The highest BCUT2D eigenvalue weighted by Crippen LogP contribution is 2.16. The molecule has 94 valence electrons. The van der Waals surface area contributed by atoms with Crippen LogP contribution in [0.2, 0.25) is 0 Å². The number of carbonyl (C=O) groups is 1. The zero-order valence-corrected chi connectivity index (χ0v) is 10.4. The second-order valence-corrected chi connectivity index (χ2v) is 3.99. The fourth-order valence-electron chi connectivity index (χ4n) is 1.63. The summed E-state index contributed by atoms with van der Waals surface area (Å²) in [7, 11) is 3.17. The van der Waals surface area contributed by atoms with Crippen LogP contribution >= 0.6 is 0 Å². The number of rotatable bonds is 3. The molecule has 18 heavy (non-hydrogen) atoms. The highest BCUT2D eigenvalue weighted by Gasteiger charge is 2.16. The molecule has 0 spiro atoms. The number of halogens is 1. The summed E-state index contributed by atoms with van der Waals surface area (Å²) in [6, 6.07) is 5.91. The van der Waals surface area contributed by atoms with Crippen LogP contribution in [-0.2, 0) is 7.05 Å². The van der Waals surface area contributed by atoms with Crippen molar-refractivity contribution in [3.8, 4) is 5.88 Å². The Morgan fingerprint density at radius 1 is 1.39 bits per heavy atom. The topological polar surface area (TPSA) is 44.1 Å². The monoisotopic (exact) mass is 248 g/mol. The zero-order chi connectivity index (χ0) is 13.3. The second kappa shape index (κ2) is 4.60. The van der Waals surface area contributed by atoms with Crippen LogP contribution in [-0.4, -0.2) is 22.7 Å². The average molecular weight is 248 g/mol. The Bertz CT molecular complexity index is 605. The van der Waals surface area contributed by atoms with Crippen LogP contribution in [0.25, 0.3) is 0 Å². The SMILES string of the molecule is COc1cc(C(=O)c2ccc(C)c(F)c2)nn1C. The molecule has 0 N–H and O–H groups in total. The van der Waals surface area contributed by atoms with Crippen LogP contribution in [0.5, 0.6) is 5.88 Å². The van der Waals surface area contributed by atoms with E-state index in [0.717, 1.165) is 0 Å². The lowest BCUT2D eigenvalue weighted by Gasteiger charge is -2.00. The van der Waals surface area contributed by atoms with Gasteiger partial charge >= 0.3 is 0 Å². The van der Waals surface area contributed by atoms with Gasteiger partial charge in [0.2, 0.25) is 11.7 Å². The van der Waals surface area contributed by atoms with Gasteiger partial charge in [0.15, 0.2) is 0 Å². The Hall–Kier alpha value is -2.17. The van der Waals surface area contributed by atoms with Crippen molar-refractivity contribution in [3.05, 3.63) is 46.9 Å². The molecule has 0 bridgehead atoms. The van der Waals surface area contributed by atoms with Gasteiger partial charge in [0.1, 0.15) is 11.5 Å². The first-order valence-electron chi connectivity index (χ1n) is 5.42. The standard InChI is InChI=1S/C13H13FN2O2/c1-8-4-5-9(6-10(8)14)13(17)11-7-12(18-3)16(2)15-11/h4-7H,1-3H3. The predicted octanol–water partition coefficient (Wildman–Crippen LogP) is 2.11. The van der Waals surface area contributed by atoms with Gasteiger partial charge in [0.05, 0.1) is 7.11 Å². The summed E-state index contributed by atoms with van der Waals surface area (Å²) in [4.78, 5) is 12.1. The fourth-order valence-corrected chi connectivity index (χ4v) is 1.63. The van der Waals surface area contributed by atoms with E-state index in [4.69, 9.17) is 4.74 Å². The van der Waals surface area contributed by atoms with Crippen LogP contribution in [0.3, 0.4) is 0 Å². The Morgan fingerprint density at radius 2 is 2.11 bits per heavy atom. The minimum atomic E-state index is -0.399. The molecule has 5 heteroatoms. The molecule has 0 aliphatic carbocycles. The number of nitrogens with zero attached hydrogens (tertiary/aromatic N) is 2. The maximum Gasteiger partial charge on any atom is 0.213 e. The lowest BCUT2D eigenvalue weighted by Crippen LogP contribution is -2.04. The third kappa shape index (κ3) is 2.11. The van der Waals surface area contributed by atoms with Gasteiger partial charge in [0.25, 0.3) is 0 Å². The number of aryl methyl sites for hydroxylation is 2. The molecule has 0 saturated carbocycles. The largest absolute Gasteiger partial charge is 0.481 e. The van der Waals surface area contributed by atoms with E-state index in [1.54, 1.807) is 26.1 Å². The van der Waals surface area contributed by atoms with Crippen LogP contribution in [0.4, 0.5) is 4.39 Å². The van der Waals surface area contributed by atoms with Crippen LogP contribution < -0.4 is 4.74 Å². The van der Waals surface area contributed by atoms with Gasteiger partial charge < -0.3 is 4.74 Å². The molecular formula is C13H13FN2O2. The minimum Gasteiger partial charge on any atom is -0.481 e. The smallest absolute Gasteiger partial charge is 0.213 e. The molecular weight excluding hydrogens is 235 g/mol. The van der Waals surface area contributed by atoms with E-state index in [1.807, 2.05) is 0 Å². The first-order chi connectivity index (χ1) is 8.52. The van der Waals surface area contributed by atoms with Crippen molar-refractivity contribution in [2.75, 3.05) is 7.11 Å². The van der Waals surface area contributed by atoms with Gasteiger partial charge in [-0.05, 0) is 18.6 Å². The van der Waals surface area contributed by atoms with Gasteiger partial charge in [-0.2, -0.15) is 5.10 Å². The van der Waals surface area contributed by atoms with Crippen molar-refractivity contribution in [2.45, 2.75) is 6.92 Å². The summed E-state index contributed by atoms with van der Waals surface area (Å²) in [5, 5.41) is 4.03. The Balaban J connectivity index is 2.38. The molecule has 0 atom stereocenters. The fraction of sp³-hybridized carbons (Fsp3) is 0.231. The van der Waals surface area contributed by atoms with E-state index < -0.39 is 5.82 Å². The molecule has 0 unspecified atom stereocenters. The molecule has 0 aliphatic heterocycles. The number of benzene rings is 1. The molecule has 1 aromatic heterocycles. The summed E-state index contributed by atoms with van der Waals surface area (Å²) in [5.74, 6) is -0.248. The van der Waals surface area contributed by atoms with E-state index in [0.29, 0.717) is 11.4 Å². The third-order valence-corrected chi connectivity index (χ3v) is 2.71. The molecule has 4 nitrogen and oxygen atoms in total. The maximum absolute atomic E-state index is 13.4. The van der Waals surface area contributed by atoms with Crippen molar-refractivity contribution in [1.82, 2.24) is 9.78 Å². The molecule has 2 aromatic rings. The van der Waals surface area contributed by atoms with Crippen LogP contribution in [0.15, 0.2) is 24.3 Å². The summed E-state index contributed by atoms with van der Waals surface area (Å²) in [6.45, 7) is 1.65. The van der Waals surface area contributed by atoms with Crippen LogP contribution in [0.1, 0.15) is 21.6 Å². The normalized spacial score (nSPS) is 10.4. The first kappa shape index (κ1) is 12.3. The number of ether oxygens (including phenoxy) is 1. The van der Waals surface area contributed by atoms with E-state index in [2.05, 4.69) is 5.10 Å². The predicted molar refractivity (Wildman–Crippen MR) is 64.3 cm³/mol. The highest BCUT2D eigenvalue weighted by atomic mass is 19.1. The van der Waals surface area contributed by atoms with E-state index >= 15 is 0 Å². The minimum absolute atomic E-state index is 0.234. The average Bonchev–Trinajstić information content (AvgIpc) is 2.73. The van der Waals surface area contributed by atoms with Gasteiger partial charge in [0, 0.05) is 18.7 Å². The van der Waals surface area contributed by atoms with E-state index in [1.165, 1.54) is 23.9 Å². The molecule has 0 radical (unpaired) electrons. The van der Waals surface area contributed by atoms with Gasteiger partial charge in [-0.15, -0.1) is 0 Å². The second-order valence-electron chi connectivity index (χ2n) is 3.99. The zero-order valence-electron chi connectivity index (χ0n) is 10.4. The van der Waals surface area contributed by atoms with Crippen molar-refractivity contribution >= 4 is 5.78 Å². The Morgan fingerprint density at radius 3 is 2.67 bits per heavy atom. The van der Waals surface area contributed by atoms with E-state index in [9.17, 15) is 9.18 Å².